The summed E-state index contributed by atoms with van der Waals surface area (Å²) in [7, 11) is 1.62. The van der Waals surface area contributed by atoms with Crippen molar-refractivity contribution < 1.29 is 14.3 Å². The lowest BCUT2D eigenvalue weighted by Crippen LogP contribution is -2.48. The van der Waals surface area contributed by atoms with Gasteiger partial charge in [0.25, 0.3) is 5.91 Å². The van der Waals surface area contributed by atoms with Gasteiger partial charge < -0.3 is 14.8 Å². The molecule has 0 heterocycles. The maximum atomic E-state index is 11.8. The van der Waals surface area contributed by atoms with Crippen LogP contribution in [0.1, 0.15) is 18.1 Å². The number of hydrogen-bond donors (Lipinski definition) is 3. The first-order valence-corrected chi connectivity index (χ1v) is 8.69. The van der Waals surface area contributed by atoms with Crippen LogP contribution in [0.3, 0.4) is 0 Å². The van der Waals surface area contributed by atoms with Crippen LogP contribution in [0.25, 0.3) is 0 Å². The quantitative estimate of drug-likeness (QED) is 0.511. The van der Waals surface area contributed by atoms with Crippen LogP contribution in [0.4, 0.5) is 0 Å². The predicted octanol–water partition coefficient (Wildman–Crippen LogP) is 2.33. The first-order valence-electron chi connectivity index (χ1n) is 8.28. The summed E-state index contributed by atoms with van der Waals surface area (Å²) in [6.45, 7) is 2.52. The van der Waals surface area contributed by atoms with Crippen molar-refractivity contribution in [1.29, 1.82) is 0 Å². The number of methoxy groups -OCH3 is 1. The third-order valence-electron chi connectivity index (χ3n) is 3.63. The minimum Gasteiger partial charge on any atom is -0.497 e. The molecule has 0 aliphatic heterocycles. The van der Waals surface area contributed by atoms with Crippen LogP contribution in [0.2, 0.25) is 0 Å². The minimum absolute atomic E-state index is 0.0977. The van der Waals surface area contributed by atoms with Crippen molar-refractivity contribution in [2.75, 3.05) is 13.7 Å². The Bertz CT molecular complexity index is 654. The van der Waals surface area contributed by atoms with Crippen molar-refractivity contribution in [2.45, 2.75) is 19.9 Å². The molecule has 0 aliphatic rings. The van der Waals surface area contributed by atoms with E-state index in [0.717, 1.165) is 17.7 Å². The molecule has 2 aromatic carbocycles. The van der Waals surface area contributed by atoms with E-state index in [9.17, 15) is 4.79 Å². The van der Waals surface area contributed by atoms with E-state index in [0.29, 0.717) is 17.4 Å². The summed E-state index contributed by atoms with van der Waals surface area (Å²) in [5.74, 6) is 1.13. The molecular weight excluding hydrogens is 350 g/mol. The smallest absolute Gasteiger partial charge is 0.276 e. The molecule has 0 radical (unpaired) electrons. The second kappa shape index (κ2) is 10.2. The van der Waals surface area contributed by atoms with Crippen LogP contribution in [0.5, 0.6) is 11.5 Å². The highest BCUT2D eigenvalue weighted by Crippen LogP contribution is 2.12. The number of benzene rings is 2. The standard InChI is InChI=1S/C19H23N3O3S/c1-3-14-4-10-17(11-5-14)25-13-18(23)21-22-19(26)20-12-15-6-8-16(24-2)9-7-15/h4-11H,3,12-13H2,1-2H3,(H,21,23)(H2,20,22,26). The molecule has 0 atom stereocenters. The van der Waals surface area contributed by atoms with Gasteiger partial charge in [-0.2, -0.15) is 0 Å². The van der Waals surface area contributed by atoms with Gasteiger partial charge in [0.1, 0.15) is 11.5 Å². The Morgan fingerprint density at radius 3 is 2.19 bits per heavy atom. The molecule has 7 heteroatoms. The highest BCUT2D eigenvalue weighted by atomic mass is 32.1. The average Bonchev–Trinajstić information content (AvgIpc) is 2.69. The monoisotopic (exact) mass is 373 g/mol. The van der Waals surface area contributed by atoms with Crippen molar-refractivity contribution in [3.8, 4) is 11.5 Å². The zero-order chi connectivity index (χ0) is 18.8. The SMILES string of the molecule is CCc1ccc(OCC(=O)NNC(=S)NCc2ccc(OC)cc2)cc1. The van der Waals surface area contributed by atoms with Crippen LogP contribution in [-0.2, 0) is 17.8 Å². The molecule has 0 spiro atoms. The second-order valence-electron chi connectivity index (χ2n) is 5.49. The van der Waals surface area contributed by atoms with Gasteiger partial charge in [-0.1, -0.05) is 31.2 Å². The zero-order valence-electron chi connectivity index (χ0n) is 14.9. The lowest BCUT2D eigenvalue weighted by Gasteiger charge is -2.12. The number of nitrogens with one attached hydrogen (secondary N) is 3. The lowest BCUT2D eigenvalue weighted by molar-refractivity contribution is -0.123. The van der Waals surface area contributed by atoms with Gasteiger partial charge in [-0.25, -0.2) is 0 Å². The fourth-order valence-corrected chi connectivity index (χ4v) is 2.23. The number of hydrogen-bond acceptors (Lipinski definition) is 4. The van der Waals surface area contributed by atoms with Crippen LogP contribution in [-0.4, -0.2) is 24.7 Å². The van der Waals surface area contributed by atoms with E-state index in [4.69, 9.17) is 21.7 Å². The van der Waals surface area contributed by atoms with Crippen molar-refractivity contribution in [3.05, 3.63) is 59.7 Å². The van der Waals surface area contributed by atoms with E-state index in [1.807, 2.05) is 48.5 Å². The van der Waals surface area contributed by atoms with E-state index >= 15 is 0 Å². The zero-order valence-corrected chi connectivity index (χ0v) is 15.7. The minimum atomic E-state index is -0.321. The van der Waals surface area contributed by atoms with Crippen LogP contribution in [0, 0.1) is 0 Å². The summed E-state index contributed by atoms with van der Waals surface area (Å²) >= 11 is 5.12. The number of thiocarbonyl (C=S) groups is 1. The van der Waals surface area contributed by atoms with Crippen LogP contribution >= 0.6 is 12.2 Å². The Morgan fingerprint density at radius 2 is 1.58 bits per heavy atom. The Hall–Kier alpha value is -2.80. The topological polar surface area (TPSA) is 71.6 Å². The van der Waals surface area contributed by atoms with Gasteiger partial charge in [-0.3, -0.25) is 15.6 Å². The summed E-state index contributed by atoms with van der Waals surface area (Å²) in [5.41, 5.74) is 7.40. The fraction of sp³-hybridized carbons (Fsp3) is 0.263. The molecular formula is C19H23N3O3S. The van der Waals surface area contributed by atoms with Gasteiger partial charge in [0.2, 0.25) is 0 Å². The van der Waals surface area contributed by atoms with Gasteiger partial charge in [0.15, 0.2) is 11.7 Å². The van der Waals surface area contributed by atoms with E-state index in [1.165, 1.54) is 5.56 Å². The maximum absolute atomic E-state index is 11.8. The second-order valence-corrected chi connectivity index (χ2v) is 5.90. The summed E-state index contributed by atoms with van der Waals surface area (Å²) in [4.78, 5) is 11.8. The molecule has 0 aliphatic carbocycles. The molecule has 2 aromatic rings. The molecule has 138 valence electrons. The van der Waals surface area contributed by atoms with Gasteiger partial charge in [-0.05, 0) is 54.0 Å². The van der Waals surface area contributed by atoms with E-state index in [1.54, 1.807) is 7.11 Å². The molecule has 0 aromatic heterocycles. The number of carbonyl (C=O) groups excluding carboxylic acids is 1. The molecule has 0 bridgehead atoms. The summed E-state index contributed by atoms with van der Waals surface area (Å²) in [5, 5.41) is 3.32. The van der Waals surface area contributed by atoms with E-state index in [2.05, 4.69) is 23.1 Å². The normalized spacial score (nSPS) is 9.92. The van der Waals surface area contributed by atoms with Crippen LogP contribution in [0.15, 0.2) is 48.5 Å². The van der Waals surface area contributed by atoms with Crippen molar-refractivity contribution >= 4 is 23.2 Å². The highest BCUT2D eigenvalue weighted by molar-refractivity contribution is 7.80. The third kappa shape index (κ3) is 6.60. The summed E-state index contributed by atoms with van der Waals surface area (Å²) < 4.78 is 10.5. The van der Waals surface area contributed by atoms with Gasteiger partial charge in [-0.15, -0.1) is 0 Å². The molecule has 2 rings (SSSR count). The Kier molecular flexibility index (Phi) is 7.70. The van der Waals surface area contributed by atoms with Crippen molar-refractivity contribution in [1.82, 2.24) is 16.2 Å². The Morgan fingerprint density at radius 1 is 0.962 bits per heavy atom. The summed E-state index contributed by atoms with van der Waals surface area (Å²) in [6.07, 6.45) is 0.964. The largest absolute Gasteiger partial charge is 0.497 e. The summed E-state index contributed by atoms with van der Waals surface area (Å²) in [6, 6.07) is 15.3. The number of carbonyl (C=O) groups is 1. The third-order valence-corrected chi connectivity index (χ3v) is 3.88. The van der Waals surface area contributed by atoms with Gasteiger partial charge >= 0.3 is 0 Å². The van der Waals surface area contributed by atoms with Crippen LogP contribution < -0.4 is 25.6 Å². The van der Waals surface area contributed by atoms with Crippen molar-refractivity contribution in [3.63, 3.8) is 0 Å². The number of amides is 1. The first kappa shape index (κ1) is 19.5. The molecule has 26 heavy (non-hydrogen) atoms. The predicted molar refractivity (Wildman–Crippen MR) is 105 cm³/mol. The lowest BCUT2D eigenvalue weighted by atomic mass is 10.2. The maximum Gasteiger partial charge on any atom is 0.276 e. The first-order chi connectivity index (χ1) is 12.6. The van der Waals surface area contributed by atoms with E-state index < -0.39 is 0 Å². The molecule has 0 saturated carbocycles. The fourth-order valence-electron chi connectivity index (χ4n) is 2.10. The molecule has 1 amide bonds. The molecule has 3 N–H and O–H groups in total. The molecule has 0 unspecified atom stereocenters. The highest BCUT2D eigenvalue weighted by Gasteiger charge is 2.04. The van der Waals surface area contributed by atoms with Crippen molar-refractivity contribution in [2.24, 2.45) is 0 Å². The van der Waals surface area contributed by atoms with Gasteiger partial charge in [0, 0.05) is 6.54 Å². The average molecular weight is 373 g/mol. The number of rotatable bonds is 7. The van der Waals surface area contributed by atoms with Gasteiger partial charge in [0.05, 0.1) is 7.11 Å². The number of hydrazine groups is 1. The van der Waals surface area contributed by atoms with E-state index in [-0.39, 0.29) is 12.5 Å². The number of aryl methyl sites for hydroxylation is 1. The Labute approximate surface area is 158 Å². The molecule has 0 saturated heterocycles. The Balaban J connectivity index is 1.64. The molecule has 6 nitrogen and oxygen atoms in total. The number of ether oxygens (including phenoxy) is 2. The molecule has 0 fully saturated rings.